The minimum atomic E-state index is -3.72. The van der Waals surface area contributed by atoms with Crippen LogP contribution in [0, 0.1) is 0 Å². The van der Waals surface area contributed by atoms with Gasteiger partial charge in [0, 0.05) is 26.8 Å². The van der Waals surface area contributed by atoms with E-state index in [0.29, 0.717) is 10.8 Å². The van der Waals surface area contributed by atoms with E-state index in [9.17, 15) is 13.2 Å². The largest absolute Gasteiger partial charge is 0.325 e. The van der Waals surface area contributed by atoms with Crippen LogP contribution in [-0.2, 0) is 21.9 Å². The van der Waals surface area contributed by atoms with E-state index >= 15 is 0 Å². The molecule has 1 unspecified atom stereocenters. The van der Waals surface area contributed by atoms with Gasteiger partial charge in [0.2, 0.25) is 21.1 Å². The molecule has 0 radical (unpaired) electrons. The lowest BCUT2D eigenvalue weighted by atomic mass is 10.3. The van der Waals surface area contributed by atoms with Crippen LogP contribution in [-0.4, -0.2) is 58.2 Å². The van der Waals surface area contributed by atoms with Gasteiger partial charge in [-0.05, 0) is 35.5 Å². The number of tetrazole rings is 1. The Bertz CT molecular complexity index is 884. The maximum absolute atomic E-state index is 12.3. The Morgan fingerprint density at radius 1 is 1.40 bits per heavy atom. The van der Waals surface area contributed by atoms with Crippen molar-refractivity contribution in [3.63, 3.8) is 0 Å². The Hall–Kier alpha value is -1.69. The van der Waals surface area contributed by atoms with Crippen LogP contribution in [0.5, 0.6) is 0 Å². The number of nitrogens with one attached hydrogen (secondary N) is 1. The molecule has 0 spiro atoms. The molecule has 1 atom stereocenters. The molecule has 25 heavy (non-hydrogen) atoms. The number of rotatable bonds is 6. The zero-order valence-corrected chi connectivity index (χ0v) is 16.4. The van der Waals surface area contributed by atoms with Gasteiger partial charge >= 0.3 is 0 Å². The number of hydrogen-bond acceptors (Lipinski definition) is 7. The Balaban J connectivity index is 2.17. The third kappa shape index (κ3) is 4.48. The van der Waals surface area contributed by atoms with Crippen LogP contribution in [0.2, 0.25) is 5.02 Å². The Labute approximate surface area is 154 Å². The smallest absolute Gasteiger partial charge is 0.244 e. The molecule has 1 aromatic heterocycles. The summed E-state index contributed by atoms with van der Waals surface area (Å²) >= 11 is 7.17. The van der Waals surface area contributed by atoms with E-state index in [0.717, 1.165) is 4.31 Å². The van der Waals surface area contributed by atoms with Gasteiger partial charge in [0.05, 0.1) is 10.3 Å². The highest BCUT2D eigenvalue weighted by molar-refractivity contribution is 8.00. The van der Waals surface area contributed by atoms with Crippen LogP contribution in [0.1, 0.15) is 6.92 Å². The number of thioether (sulfide) groups is 1. The topological polar surface area (TPSA) is 110 Å². The van der Waals surface area contributed by atoms with Gasteiger partial charge in [-0.1, -0.05) is 23.4 Å². The van der Waals surface area contributed by atoms with E-state index in [1.54, 1.807) is 14.0 Å². The molecule has 1 heterocycles. The predicted octanol–water partition coefficient (Wildman–Crippen LogP) is 1.23. The summed E-state index contributed by atoms with van der Waals surface area (Å²) in [6.45, 7) is 1.70. The fraction of sp³-hybridized carbons (Fsp3) is 0.385. The summed E-state index contributed by atoms with van der Waals surface area (Å²) in [7, 11) is 0.768. The highest BCUT2D eigenvalue weighted by Crippen LogP contribution is 2.27. The Morgan fingerprint density at radius 2 is 2.08 bits per heavy atom. The molecular weight excluding hydrogens is 388 g/mol. The first-order chi connectivity index (χ1) is 11.6. The van der Waals surface area contributed by atoms with Crippen LogP contribution in [0.4, 0.5) is 5.69 Å². The average molecular weight is 405 g/mol. The van der Waals surface area contributed by atoms with Crippen molar-refractivity contribution in [2.75, 3.05) is 19.4 Å². The summed E-state index contributed by atoms with van der Waals surface area (Å²) in [5, 5.41) is 13.8. The normalized spacial score (nSPS) is 13.0. The minimum absolute atomic E-state index is 0.0743. The molecule has 0 aliphatic carbocycles. The quantitative estimate of drug-likeness (QED) is 0.721. The van der Waals surface area contributed by atoms with Crippen molar-refractivity contribution in [1.29, 1.82) is 0 Å². The second-order valence-electron chi connectivity index (χ2n) is 5.27. The number of sulfonamides is 1. The van der Waals surface area contributed by atoms with Gasteiger partial charge in [-0.15, -0.1) is 5.10 Å². The second-order valence-corrected chi connectivity index (χ2v) is 9.10. The van der Waals surface area contributed by atoms with Gasteiger partial charge in [-0.3, -0.25) is 4.79 Å². The lowest BCUT2D eigenvalue weighted by Gasteiger charge is -2.15. The van der Waals surface area contributed by atoms with Crippen LogP contribution >= 0.6 is 23.4 Å². The molecule has 1 N–H and O–H groups in total. The zero-order chi connectivity index (χ0) is 18.8. The van der Waals surface area contributed by atoms with Crippen molar-refractivity contribution in [1.82, 2.24) is 24.5 Å². The first-order valence-electron chi connectivity index (χ1n) is 7.05. The maximum Gasteiger partial charge on any atom is 0.244 e. The summed E-state index contributed by atoms with van der Waals surface area (Å²) in [6, 6.07) is 4.30. The SMILES string of the molecule is CC(Sc1nnnn1C)C(=O)Nc1ccc(Cl)c(S(=O)(=O)N(C)C)c1. The molecule has 0 aliphatic rings. The number of aromatic nitrogens is 4. The van der Waals surface area contributed by atoms with E-state index < -0.39 is 15.3 Å². The Morgan fingerprint density at radius 3 is 2.64 bits per heavy atom. The minimum Gasteiger partial charge on any atom is -0.325 e. The van der Waals surface area contributed by atoms with Crippen molar-refractivity contribution >= 4 is 45.0 Å². The number of nitrogens with zero attached hydrogens (tertiary/aromatic N) is 5. The number of aryl methyl sites for hydroxylation is 1. The van der Waals surface area contributed by atoms with Crippen molar-refractivity contribution in [2.45, 2.75) is 22.2 Å². The standard InChI is InChI=1S/C13H17ClN6O3S2/c1-8(24-13-16-17-18-20(13)4)12(21)15-9-5-6-10(14)11(7-9)25(22,23)19(2)3/h5-8H,1-4H3,(H,15,21). The van der Waals surface area contributed by atoms with E-state index in [4.69, 9.17) is 11.6 Å². The number of benzene rings is 1. The summed E-state index contributed by atoms with van der Waals surface area (Å²) < 4.78 is 27.1. The van der Waals surface area contributed by atoms with Crippen molar-refractivity contribution in [3.05, 3.63) is 23.2 Å². The number of hydrogen-bond donors (Lipinski definition) is 1. The van der Waals surface area contributed by atoms with Crippen LogP contribution in [0.15, 0.2) is 28.3 Å². The number of amides is 1. The molecule has 0 bridgehead atoms. The third-order valence-corrected chi connectivity index (χ3v) is 6.61. The van der Waals surface area contributed by atoms with Gasteiger partial charge in [0.15, 0.2) is 0 Å². The first kappa shape index (κ1) is 19.6. The molecule has 1 amide bonds. The molecule has 0 aliphatic heterocycles. The predicted molar refractivity (Wildman–Crippen MR) is 95.1 cm³/mol. The van der Waals surface area contributed by atoms with Crippen LogP contribution in [0.25, 0.3) is 0 Å². The van der Waals surface area contributed by atoms with Gasteiger partial charge in [-0.25, -0.2) is 17.4 Å². The van der Waals surface area contributed by atoms with Crippen molar-refractivity contribution in [3.8, 4) is 0 Å². The molecule has 2 aromatic rings. The first-order valence-corrected chi connectivity index (χ1v) is 9.74. The average Bonchev–Trinajstić information content (AvgIpc) is 2.93. The molecule has 136 valence electrons. The highest BCUT2D eigenvalue weighted by Gasteiger charge is 2.23. The van der Waals surface area contributed by atoms with Gasteiger partial charge in [0.1, 0.15) is 4.90 Å². The second kappa shape index (κ2) is 7.68. The summed E-state index contributed by atoms with van der Waals surface area (Å²) in [5.74, 6) is -0.316. The molecule has 9 nitrogen and oxygen atoms in total. The molecule has 12 heteroatoms. The van der Waals surface area contributed by atoms with Crippen molar-refractivity contribution < 1.29 is 13.2 Å². The third-order valence-electron chi connectivity index (χ3n) is 3.19. The fourth-order valence-corrected chi connectivity index (χ4v) is 3.90. The molecule has 0 saturated heterocycles. The van der Waals surface area contributed by atoms with Gasteiger partial charge < -0.3 is 5.32 Å². The number of carbonyl (C=O) groups excluding carboxylic acids is 1. The number of carbonyl (C=O) groups is 1. The highest BCUT2D eigenvalue weighted by atomic mass is 35.5. The number of anilines is 1. The van der Waals surface area contributed by atoms with E-state index in [1.807, 2.05) is 0 Å². The van der Waals surface area contributed by atoms with E-state index in [1.165, 1.54) is 48.7 Å². The van der Waals surface area contributed by atoms with Crippen LogP contribution < -0.4 is 5.32 Å². The number of halogens is 1. The van der Waals surface area contributed by atoms with Crippen molar-refractivity contribution in [2.24, 2.45) is 7.05 Å². The van der Waals surface area contributed by atoms with Gasteiger partial charge in [0.25, 0.3) is 0 Å². The Kier molecular flexibility index (Phi) is 6.03. The van der Waals surface area contributed by atoms with Crippen LogP contribution in [0.3, 0.4) is 0 Å². The monoisotopic (exact) mass is 404 g/mol. The van der Waals surface area contributed by atoms with Gasteiger partial charge in [-0.2, -0.15) is 0 Å². The zero-order valence-electron chi connectivity index (χ0n) is 14.0. The molecule has 1 aromatic carbocycles. The van der Waals surface area contributed by atoms with E-state index in [2.05, 4.69) is 20.8 Å². The molecule has 0 saturated carbocycles. The summed E-state index contributed by atoms with van der Waals surface area (Å²) in [6.07, 6.45) is 0. The lowest BCUT2D eigenvalue weighted by molar-refractivity contribution is -0.115. The summed E-state index contributed by atoms with van der Waals surface area (Å²) in [4.78, 5) is 12.3. The summed E-state index contributed by atoms with van der Waals surface area (Å²) in [5.41, 5.74) is 0.332. The fourth-order valence-electron chi connectivity index (χ4n) is 1.75. The molecular formula is C13H17ClN6O3S2. The lowest BCUT2D eigenvalue weighted by Crippen LogP contribution is -2.24. The van der Waals surface area contributed by atoms with E-state index in [-0.39, 0.29) is 15.8 Å². The molecule has 0 fully saturated rings. The molecule has 2 rings (SSSR count). The maximum atomic E-state index is 12.3.